The maximum Gasteiger partial charge on any atom is 0.139 e. The molecule has 2 nitrogen and oxygen atoms in total. The first-order valence-electron chi connectivity index (χ1n) is 5.56. The Bertz CT molecular complexity index is 396. The molecule has 1 aromatic rings. The third kappa shape index (κ3) is 3.58. The van der Waals surface area contributed by atoms with E-state index in [0.29, 0.717) is 12.2 Å². The van der Waals surface area contributed by atoms with Crippen LogP contribution in [0.4, 0.5) is 0 Å². The Morgan fingerprint density at radius 1 is 1.31 bits per heavy atom. The molecule has 0 spiro atoms. The predicted molar refractivity (Wildman–Crippen MR) is 65.5 cm³/mol. The second-order valence-corrected chi connectivity index (χ2v) is 5.22. The fourth-order valence-electron chi connectivity index (χ4n) is 1.39. The van der Waals surface area contributed by atoms with Gasteiger partial charge in [0.1, 0.15) is 11.8 Å². The van der Waals surface area contributed by atoms with Gasteiger partial charge < -0.3 is 4.74 Å². The minimum atomic E-state index is 0.259. The monoisotopic (exact) mass is 217 g/mol. The van der Waals surface area contributed by atoms with E-state index in [4.69, 9.17) is 10.00 Å². The summed E-state index contributed by atoms with van der Waals surface area (Å²) in [6.07, 6.45) is 0.978. The van der Waals surface area contributed by atoms with Gasteiger partial charge in [-0.15, -0.1) is 0 Å². The number of para-hydroxylation sites is 1. The number of aryl methyl sites for hydroxylation is 1. The minimum absolute atomic E-state index is 0.259. The average Bonchev–Trinajstić information content (AvgIpc) is 2.18. The van der Waals surface area contributed by atoms with Crippen LogP contribution in [0.2, 0.25) is 0 Å². The molecule has 16 heavy (non-hydrogen) atoms. The largest absolute Gasteiger partial charge is 0.492 e. The average molecular weight is 217 g/mol. The lowest BCUT2D eigenvalue weighted by molar-refractivity contribution is 0.241. The molecule has 2 heteroatoms. The van der Waals surface area contributed by atoms with E-state index >= 15 is 0 Å². The molecule has 0 aliphatic rings. The van der Waals surface area contributed by atoms with Crippen LogP contribution >= 0.6 is 0 Å². The second kappa shape index (κ2) is 5.03. The van der Waals surface area contributed by atoms with E-state index < -0.39 is 0 Å². The van der Waals surface area contributed by atoms with Gasteiger partial charge in [0.25, 0.3) is 0 Å². The fraction of sp³-hybridized carbons (Fsp3) is 0.500. The lowest BCUT2D eigenvalue weighted by atomic mass is 9.93. The second-order valence-electron chi connectivity index (χ2n) is 5.22. The first-order chi connectivity index (χ1) is 7.44. The number of hydrogen-bond donors (Lipinski definition) is 0. The lowest BCUT2D eigenvalue weighted by Gasteiger charge is -2.19. The summed E-state index contributed by atoms with van der Waals surface area (Å²) in [5, 5.41) is 8.97. The zero-order valence-electron chi connectivity index (χ0n) is 10.5. The molecule has 0 saturated carbocycles. The zero-order valence-corrected chi connectivity index (χ0v) is 10.5. The van der Waals surface area contributed by atoms with Gasteiger partial charge in [-0.1, -0.05) is 32.9 Å². The van der Waals surface area contributed by atoms with E-state index in [1.54, 1.807) is 6.07 Å². The van der Waals surface area contributed by atoms with E-state index in [1.807, 2.05) is 19.1 Å². The van der Waals surface area contributed by atoms with Crippen LogP contribution in [-0.4, -0.2) is 6.61 Å². The van der Waals surface area contributed by atoms with Crippen molar-refractivity contribution in [2.24, 2.45) is 5.41 Å². The van der Waals surface area contributed by atoms with Gasteiger partial charge >= 0.3 is 0 Å². The first-order valence-corrected chi connectivity index (χ1v) is 5.56. The van der Waals surface area contributed by atoms with Crippen LogP contribution in [0.1, 0.15) is 38.3 Å². The normalized spacial score (nSPS) is 10.9. The highest BCUT2D eigenvalue weighted by molar-refractivity contribution is 5.47. The van der Waals surface area contributed by atoms with E-state index in [2.05, 4.69) is 26.8 Å². The number of nitriles is 1. The Labute approximate surface area is 97.9 Å². The summed E-state index contributed by atoms with van der Waals surface area (Å²) in [6.45, 7) is 9.16. The number of ether oxygens (including phenoxy) is 1. The predicted octanol–water partition coefficient (Wildman–Crippen LogP) is 3.68. The maximum absolute atomic E-state index is 8.97. The third-order valence-electron chi connectivity index (χ3n) is 2.43. The van der Waals surface area contributed by atoms with Gasteiger partial charge in [-0.2, -0.15) is 5.26 Å². The molecule has 0 saturated heterocycles. The molecule has 0 atom stereocenters. The van der Waals surface area contributed by atoms with Gasteiger partial charge in [-0.05, 0) is 30.4 Å². The van der Waals surface area contributed by atoms with Crippen LogP contribution in [0.5, 0.6) is 5.75 Å². The molecule has 1 rings (SSSR count). The summed E-state index contributed by atoms with van der Waals surface area (Å²) in [7, 11) is 0. The Hall–Kier alpha value is -1.49. The van der Waals surface area contributed by atoms with Crippen molar-refractivity contribution in [3.05, 3.63) is 29.3 Å². The molecule has 0 unspecified atom stereocenters. The molecule has 0 aliphatic carbocycles. The molecule has 0 amide bonds. The van der Waals surface area contributed by atoms with E-state index in [9.17, 15) is 0 Å². The Kier molecular flexibility index (Phi) is 3.95. The van der Waals surface area contributed by atoms with E-state index in [1.165, 1.54) is 0 Å². The highest BCUT2D eigenvalue weighted by atomic mass is 16.5. The summed E-state index contributed by atoms with van der Waals surface area (Å²) in [6, 6.07) is 7.80. The Morgan fingerprint density at radius 3 is 2.56 bits per heavy atom. The maximum atomic E-state index is 8.97. The summed E-state index contributed by atoms with van der Waals surface area (Å²) in [5.74, 6) is 0.731. The molecule has 0 N–H and O–H groups in total. The van der Waals surface area contributed by atoms with Crippen molar-refractivity contribution in [1.82, 2.24) is 0 Å². The Balaban J connectivity index is 2.71. The topological polar surface area (TPSA) is 33.0 Å². The lowest BCUT2D eigenvalue weighted by Crippen LogP contribution is -2.11. The van der Waals surface area contributed by atoms with Crippen molar-refractivity contribution in [2.75, 3.05) is 6.61 Å². The van der Waals surface area contributed by atoms with Crippen molar-refractivity contribution in [2.45, 2.75) is 34.1 Å². The van der Waals surface area contributed by atoms with Crippen LogP contribution in [0.25, 0.3) is 0 Å². The summed E-state index contributed by atoms with van der Waals surface area (Å²) < 4.78 is 5.71. The van der Waals surface area contributed by atoms with Crippen LogP contribution in [0.3, 0.4) is 0 Å². The number of benzene rings is 1. The van der Waals surface area contributed by atoms with Crippen molar-refractivity contribution in [1.29, 1.82) is 5.26 Å². The molecule has 1 aromatic carbocycles. The van der Waals surface area contributed by atoms with Gasteiger partial charge in [-0.3, -0.25) is 0 Å². The van der Waals surface area contributed by atoms with Crippen LogP contribution in [-0.2, 0) is 0 Å². The van der Waals surface area contributed by atoms with Crippen molar-refractivity contribution >= 4 is 0 Å². The smallest absolute Gasteiger partial charge is 0.139 e. The molecule has 0 fully saturated rings. The Morgan fingerprint density at radius 2 is 2.00 bits per heavy atom. The number of hydrogen-bond acceptors (Lipinski definition) is 2. The third-order valence-corrected chi connectivity index (χ3v) is 2.43. The summed E-state index contributed by atoms with van der Waals surface area (Å²) in [4.78, 5) is 0. The van der Waals surface area contributed by atoms with Crippen LogP contribution < -0.4 is 4.74 Å². The first kappa shape index (κ1) is 12.6. The van der Waals surface area contributed by atoms with Crippen LogP contribution in [0.15, 0.2) is 18.2 Å². The van der Waals surface area contributed by atoms with Gasteiger partial charge in [0, 0.05) is 0 Å². The standard InChI is InChI=1S/C14H19NO/c1-11-6-5-7-12(10-15)13(11)16-9-8-14(2,3)4/h5-7H,8-9H2,1-4H3. The molecular formula is C14H19NO. The quantitative estimate of drug-likeness (QED) is 0.773. The molecule has 0 aromatic heterocycles. The minimum Gasteiger partial charge on any atom is -0.492 e. The van der Waals surface area contributed by atoms with Crippen molar-refractivity contribution in [3.8, 4) is 11.8 Å². The van der Waals surface area contributed by atoms with Crippen molar-refractivity contribution in [3.63, 3.8) is 0 Å². The highest BCUT2D eigenvalue weighted by Gasteiger charge is 2.12. The highest BCUT2D eigenvalue weighted by Crippen LogP contribution is 2.24. The molecule has 86 valence electrons. The summed E-state index contributed by atoms with van der Waals surface area (Å²) >= 11 is 0. The zero-order chi connectivity index (χ0) is 12.2. The van der Waals surface area contributed by atoms with Gasteiger partial charge in [0.15, 0.2) is 0 Å². The van der Waals surface area contributed by atoms with Crippen molar-refractivity contribution < 1.29 is 4.74 Å². The molecule has 0 radical (unpaired) electrons. The molecular weight excluding hydrogens is 198 g/mol. The van der Waals surface area contributed by atoms with E-state index in [-0.39, 0.29) is 5.41 Å². The summed E-state index contributed by atoms with van der Waals surface area (Å²) in [5.41, 5.74) is 1.90. The number of rotatable bonds is 3. The number of nitrogens with zero attached hydrogens (tertiary/aromatic N) is 1. The molecule has 0 aliphatic heterocycles. The van der Waals surface area contributed by atoms with E-state index in [0.717, 1.165) is 17.7 Å². The van der Waals surface area contributed by atoms with Gasteiger partial charge in [-0.25, -0.2) is 0 Å². The molecule has 0 heterocycles. The van der Waals surface area contributed by atoms with Gasteiger partial charge in [0.05, 0.1) is 12.2 Å². The fourth-order valence-corrected chi connectivity index (χ4v) is 1.39. The SMILES string of the molecule is Cc1cccc(C#N)c1OCCC(C)(C)C. The van der Waals surface area contributed by atoms with Gasteiger partial charge in [0.2, 0.25) is 0 Å². The molecule has 0 bridgehead atoms. The van der Waals surface area contributed by atoms with Crippen LogP contribution in [0, 0.1) is 23.7 Å².